The largest absolute Gasteiger partial charge is 0.481 e. The van der Waals surface area contributed by atoms with E-state index in [1.54, 1.807) is 25.3 Å². The van der Waals surface area contributed by atoms with Crippen LogP contribution in [0.15, 0.2) is 35.8 Å². The van der Waals surface area contributed by atoms with Crippen molar-refractivity contribution < 1.29 is 9.90 Å². The zero-order valence-electron chi connectivity index (χ0n) is 11.6. The molecule has 2 aromatic rings. The van der Waals surface area contributed by atoms with Crippen molar-refractivity contribution in [3.8, 4) is 6.07 Å². The molecule has 21 heavy (non-hydrogen) atoms. The van der Waals surface area contributed by atoms with Gasteiger partial charge in [-0.3, -0.25) is 4.79 Å². The summed E-state index contributed by atoms with van der Waals surface area (Å²) in [5.41, 5.74) is 1.63. The third kappa shape index (κ3) is 4.04. The molecule has 6 heteroatoms. The number of thiazole rings is 1. The lowest BCUT2D eigenvalue weighted by Crippen LogP contribution is -2.31. The predicted octanol–water partition coefficient (Wildman–Crippen LogP) is 2.74. The number of hydrogen-bond acceptors (Lipinski definition) is 5. The van der Waals surface area contributed by atoms with Gasteiger partial charge < -0.3 is 10.0 Å². The molecule has 2 rings (SSSR count). The molecular formula is C15H15N3O2S. The Morgan fingerprint density at radius 2 is 2.19 bits per heavy atom. The molecule has 0 aliphatic carbocycles. The van der Waals surface area contributed by atoms with Crippen LogP contribution < -0.4 is 4.90 Å². The summed E-state index contributed by atoms with van der Waals surface area (Å²) in [4.78, 5) is 17.3. The van der Waals surface area contributed by atoms with Crippen molar-refractivity contribution in [2.75, 3.05) is 11.4 Å². The quantitative estimate of drug-likeness (QED) is 0.887. The number of carboxylic acids is 1. The normalized spacial score (nSPS) is 11.6. The lowest BCUT2D eigenvalue weighted by atomic mass is 10.1. The van der Waals surface area contributed by atoms with E-state index in [0.29, 0.717) is 18.7 Å². The molecule has 0 radical (unpaired) electrons. The van der Waals surface area contributed by atoms with Crippen LogP contribution in [0.4, 0.5) is 5.13 Å². The Morgan fingerprint density at radius 3 is 2.71 bits per heavy atom. The number of carboxylic acid groups (broad SMARTS) is 1. The maximum Gasteiger partial charge on any atom is 0.308 e. The summed E-state index contributed by atoms with van der Waals surface area (Å²) in [5, 5.41) is 20.6. The lowest BCUT2D eigenvalue weighted by molar-refractivity contribution is -0.140. The lowest BCUT2D eigenvalue weighted by Gasteiger charge is -2.24. The summed E-state index contributed by atoms with van der Waals surface area (Å²) in [7, 11) is 0. The van der Waals surface area contributed by atoms with E-state index in [4.69, 9.17) is 10.4 Å². The third-order valence-electron chi connectivity index (χ3n) is 3.06. The molecule has 0 aliphatic heterocycles. The second kappa shape index (κ2) is 6.86. The zero-order chi connectivity index (χ0) is 15.2. The van der Waals surface area contributed by atoms with Gasteiger partial charge in [-0.15, -0.1) is 11.3 Å². The van der Waals surface area contributed by atoms with Crippen LogP contribution in [0.3, 0.4) is 0 Å². The topological polar surface area (TPSA) is 77.2 Å². The summed E-state index contributed by atoms with van der Waals surface area (Å²) >= 11 is 1.48. The van der Waals surface area contributed by atoms with E-state index in [-0.39, 0.29) is 0 Å². The van der Waals surface area contributed by atoms with Crippen LogP contribution in [0.2, 0.25) is 0 Å². The molecule has 1 aromatic heterocycles. The Morgan fingerprint density at radius 1 is 1.48 bits per heavy atom. The molecule has 108 valence electrons. The molecule has 0 amide bonds. The van der Waals surface area contributed by atoms with E-state index >= 15 is 0 Å². The smallest absolute Gasteiger partial charge is 0.308 e. The zero-order valence-corrected chi connectivity index (χ0v) is 12.4. The average Bonchev–Trinajstić information content (AvgIpc) is 3.01. The van der Waals surface area contributed by atoms with Crippen LogP contribution in [0.5, 0.6) is 0 Å². The molecule has 0 spiro atoms. The number of anilines is 1. The molecule has 0 bridgehead atoms. The summed E-state index contributed by atoms with van der Waals surface area (Å²) in [6, 6.07) is 9.36. The van der Waals surface area contributed by atoms with Gasteiger partial charge in [0.2, 0.25) is 0 Å². The van der Waals surface area contributed by atoms with E-state index in [0.717, 1.165) is 10.7 Å². The van der Waals surface area contributed by atoms with E-state index < -0.39 is 11.9 Å². The number of nitrogens with zero attached hydrogens (tertiary/aromatic N) is 3. The molecule has 5 nitrogen and oxygen atoms in total. The first kappa shape index (κ1) is 15.0. The number of aliphatic carboxylic acids is 1. The molecule has 1 unspecified atom stereocenters. The van der Waals surface area contributed by atoms with Gasteiger partial charge in [0.1, 0.15) is 0 Å². The standard InChI is InChI=1S/C15H15N3O2S/c1-11(14(19)20)9-18(15-17-6-7-21-15)10-13-4-2-12(8-16)3-5-13/h2-7,11H,9-10H2,1H3,(H,19,20). The van der Waals surface area contributed by atoms with Gasteiger partial charge >= 0.3 is 5.97 Å². The molecule has 0 aliphatic rings. The fourth-order valence-electron chi connectivity index (χ4n) is 1.90. The summed E-state index contributed by atoms with van der Waals surface area (Å²) in [6.45, 7) is 2.64. The van der Waals surface area contributed by atoms with E-state index in [2.05, 4.69) is 11.1 Å². The molecule has 0 saturated carbocycles. The minimum absolute atomic E-state index is 0.392. The highest BCUT2D eigenvalue weighted by Crippen LogP contribution is 2.21. The van der Waals surface area contributed by atoms with Crippen molar-refractivity contribution in [3.63, 3.8) is 0 Å². The van der Waals surface area contributed by atoms with Crippen LogP contribution in [-0.4, -0.2) is 22.6 Å². The molecule has 0 fully saturated rings. The van der Waals surface area contributed by atoms with Gasteiger partial charge in [0.05, 0.1) is 17.6 Å². The maximum atomic E-state index is 11.1. The minimum atomic E-state index is -0.823. The van der Waals surface area contributed by atoms with Gasteiger partial charge in [0.25, 0.3) is 0 Å². The van der Waals surface area contributed by atoms with Crippen molar-refractivity contribution >= 4 is 22.4 Å². The number of benzene rings is 1. The number of rotatable bonds is 6. The Balaban J connectivity index is 2.15. The first-order valence-corrected chi connectivity index (χ1v) is 7.34. The SMILES string of the molecule is CC(CN(Cc1ccc(C#N)cc1)c1nccs1)C(=O)O. The van der Waals surface area contributed by atoms with Crippen molar-refractivity contribution in [2.24, 2.45) is 5.92 Å². The van der Waals surface area contributed by atoms with Crippen LogP contribution in [0.1, 0.15) is 18.1 Å². The van der Waals surface area contributed by atoms with Crippen LogP contribution in [-0.2, 0) is 11.3 Å². The Kier molecular flexibility index (Phi) is 4.90. The van der Waals surface area contributed by atoms with Crippen molar-refractivity contribution in [1.29, 1.82) is 5.26 Å². The van der Waals surface area contributed by atoms with Gasteiger partial charge in [-0.2, -0.15) is 5.26 Å². The molecule has 1 heterocycles. The van der Waals surface area contributed by atoms with Gasteiger partial charge in [-0.05, 0) is 17.7 Å². The van der Waals surface area contributed by atoms with Crippen LogP contribution in [0, 0.1) is 17.2 Å². The Hall–Kier alpha value is -2.39. The van der Waals surface area contributed by atoms with Crippen LogP contribution >= 0.6 is 11.3 Å². The minimum Gasteiger partial charge on any atom is -0.481 e. The number of hydrogen-bond donors (Lipinski definition) is 1. The average molecular weight is 301 g/mol. The van der Waals surface area contributed by atoms with Gasteiger partial charge in [-0.1, -0.05) is 19.1 Å². The van der Waals surface area contributed by atoms with E-state index in [1.807, 2.05) is 22.4 Å². The second-order valence-electron chi connectivity index (χ2n) is 4.74. The molecule has 1 atom stereocenters. The van der Waals surface area contributed by atoms with Gasteiger partial charge in [0, 0.05) is 24.7 Å². The maximum absolute atomic E-state index is 11.1. The Bertz CT molecular complexity index is 632. The first-order chi connectivity index (χ1) is 10.1. The third-order valence-corrected chi connectivity index (χ3v) is 3.89. The highest BCUT2D eigenvalue weighted by molar-refractivity contribution is 7.13. The fraction of sp³-hybridized carbons (Fsp3) is 0.267. The molecule has 1 aromatic carbocycles. The van der Waals surface area contributed by atoms with E-state index in [1.165, 1.54) is 11.3 Å². The first-order valence-electron chi connectivity index (χ1n) is 6.46. The molecule has 1 N–H and O–H groups in total. The number of aromatic nitrogens is 1. The van der Waals surface area contributed by atoms with E-state index in [9.17, 15) is 4.79 Å². The fourth-order valence-corrected chi connectivity index (χ4v) is 2.55. The summed E-state index contributed by atoms with van der Waals surface area (Å²) in [5.74, 6) is -1.30. The summed E-state index contributed by atoms with van der Waals surface area (Å²) in [6.07, 6.45) is 1.71. The van der Waals surface area contributed by atoms with Crippen molar-refractivity contribution in [2.45, 2.75) is 13.5 Å². The van der Waals surface area contributed by atoms with Crippen molar-refractivity contribution in [1.82, 2.24) is 4.98 Å². The summed E-state index contributed by atoms with van der Waals surface area (Å²) < 4.78 is 0. The van der Waals surface area contributed by atoms with Gasteiger partial charge in [-0.25, -0.2) is 4.98 Å². The van der Waals surface area contributed by atoms with Crippen LogP contribution in [0.25, 0.3) is 0 Å². The predicted molar refractivity (Wildman–Crippen MR) is 81.1 cm³/mol. The molecule has 0 saturated heterocycles. The Labute approximate surface area is 127 Å². The number of nitriles is 1. The highest BCUT2D eigenvalue weighted by Gasteiger charge is 2.18. The van der Waals surface area contributed by atoms with Gasteiger partial charge in [0.15, 0.2) is 5.13 Å². The monoisotopic (exact) mass is 301 g/mol. The highest BCUT2D eigenvalue weighted by atomic mass is 32.1. The molecular weight excluding hydrogens is 286 g/mol. The van der Waals surface area contributed by atoms with Crippen molar-refractivity contribution in [3.05, 3.63) is 47.0 Å². The number of carbonyl (C=O) groups is 1. The second-order valence-corrected chi connectivity index (χ2v) is 5.62.